The predicted molar refractivity (Wildman–Crippen MR) is 129 cm³/mol. The van der Waals surface area contributed by atoms with Crippen LogP contribution >= 0.6 is 11.8 Å². The number of pyridine rings is 1. The van der Waals surface area contributed by atoms with Crippen molar-refractivity contribution in [3.8, 4) is 11.4 Å². The van der Waals surface area contributed by atoms with Gasteiger partial charge in [-0.3, -0.25) is 14.3 Å². The number of rotatable bonds is 7. The van der Waals surface area contributed by atoms with Crippen molar-refractivity contribution >= 4 is 27.7 Å². The fourth-order valence-electron chi connectivity index (χ4n) is 4.07. The summed E-state index contributed by atoms with van der Waals surface area (Å²) in [6, 6.07) is 12.6. The summed E-state index contributed by atoms with van der Waals surface area (Å²) < 4.78 is 29.3. The van der Waals surface area contributed by atoms with Gasteiger partial charge in [0, 0.05) is 50.2 Å². The van der Waals surface area contributed by atoms with Crippen LogP contribution in [0, 0.1) is 0 Å². The van der Waals surface area contributed by atoms with Crippen LogP contribution in [0.2, 0.25) is 0 Å². The van der Waals surface area contributed by atoms with Gasteiger partial charge < -0.3 is 4.90 Å². The molecule has 1 aliphatic heterocycles. The Balaban J connectivity index is 1.24. The van der Waals surface area contributed by atoms with Crippen molar-refractivity contribution < 1.29 is 13.2 Å². The number of thioether (sulfide) groups is 1. The highest BCUT2D eigenvalue weighted by molar-refractivity contribution is 8.00. The van der Waals surface area contributed by atoms with Crippen molar-refractivity contribution in [1.82, 2.24) is 29.0 Å². The van der Waals surface area contributed by atoms with Gasteiger partial charge in [-0.15, -0.1) is 10.2 Å². The molecule has 1 aliphatic carbocycles. The molecular formula is C23H26N6O3S2. The zero-order valence-corrected chi connectivity index (χ0v) is 20.5. The SMILES string of the molecule is C[C@@H](Sc1nnc(-c2cccnc2)n1C1CC1)C(=O)N1CCN(S(=O)(=O)c2ccccc2)CC1. The van der Waals surface area contributed by atoms with Gasteiger partial charge in [0.05, 0.1) is 10.1 Å². The van der Waals surface area contributed by atoms with Gasteiger partial charge in [0.25, 0.3) is 0 Å². The van der Waals surface area contributed by atoms with Crippen LogP contribution in [0.25, 0.3) is 11.4 Å². The molecule has 2 aliphatic rings. The first-order valence-electron chi connectivity index (χ1n) is 11.3. The summed E-state index contributed by atoms with van der Waals surface area (Å²) in [5.74, 6) is 0.757. The molecule has 3 heterocycles. The molecule has 0 radical (unpaired) electrons. The summed E-state index contributed by atoms with van der Waals surface area (Å²) in [5, 5.41) is 9.15. The number of hydrogen-bond donors (Lipinski definition) is 0. The second-order valence-electron chi connectivity index (χ2n) is 8.45. The molecule has 0 bridgehead atoms. The van der Waals surface area contributed by atoms with Crippen LogP contribution < -0.4 is 0 Å². The van der Waals surface area contributed by atoms with Crippen molar-refractivity contribution in [3.63, 3.8) is 0 Å². The Hall–Kier alpha value is -2.76. The summed E-state index contributed by atoms with van der Waals surface area (Å²) in [5.41, 5.74) is 0.906. The third kappa shape index (κ3) is 4.59. The maximum absolute atomic E-state index is 13.2. The topological polar surface area (TPSA) is 101 Å². The highest BCUT2D eigenvalue weighted by atomic mass is 32.2. The third-order valence-corrected chi connectivity index (χ3v) is 9.01. The minimum Gasteiger partial charge on any atom is -0.339 e. The summed E-state index contributed by atoms with van der Waals surface area (Å²) in [6.07, 6.45) is 5.63. The smallest absolute Gasteiger partial charge is 0.243 e. The van der Waals surface area contributed by atoms with Crippen LogP contribution in [-0.2, 0) is 14.8 Å². The summed E-state index contributed by atoms with van der Waals surface area (Å²) in [7, 11) is -3.55. The van der Waals surface area contributed by atoms with Crippen LogP contribution in [-0.4, -0.2) is 74.7 Å². The number of aromatic nitrogens is 4. The first-order chi connectivity index (χ1) is 16.4. The summed E-state index contributed by atoms with van der Waals surface area (Å²) >= 11 is 1.40. The van der Waals surface area contributed by atoms with Crippen molar-refractivity contribution in [3.05, 3.63) is 54.9 Å². The van der Waals surface area contributed by atoms with E-state index in [1.54, 1.807) is 47.6 Å². The lowest BCUT2D eigenvalue weighted by Crippen LogP contribution is -2.52. The molecule has 5 rings (SSSR count). The van der Waals surface area contributed by atoms with Crippen LogP contribution in [0.1, 0.15) is 25.8 Å². The normalized spacial score (nSPS) is 18.1. The minimum absolute atomic E-state index is 0.0185. The lowest BCUT2D eigenvalue weighted by atomic mass is 10.3. The molecular weight excluding hydrogens is 472 g/mol. The largest absolute Gasteiger partial charge is 0.339 e. The Kier molecular flexibility index (Phi) is 6.41. The van der Waals surface area contributed by atoms with E-state index < -0.39 is 10.0 Å². The number of piperazine rings is 1. The van der Waals surface area contributed by atoms with Crippen molar-refractivity contribution in [2.75, 3.05) is 26.2 Å². The van der Waals surface area contributed by atoms with Crippen LogP contribution in [0.5, 0.6) is 0 Å². The van der Waals surface area contributed by atoms with E-state index in [2.05, 4.69) is 19.7 Å². The van der Waals surface area contributed by atoms with Crippen molar-refractivity contribution in [2.24, 2.45) is 0 Å². The molecule has 1 atom stereocenters. The van der Waals surface area contributed by atoms with E-state index in [9.17, 15) is 13.2 Å². The number of hydrogen-bond acceptors (Lipinski definition) is 7. The lowest BCUT2D eigenvalue weighted by Gasteiger charge is -2.35. The van der Waals surface area contributed by atoms with Gasteiger partial charge in [-0.2, -0.15) is 4.31 Å². The molecule has 178 valence electrons. The molecule has 3 aromatic rings. The first kappa shape index (κ1) is 23.0. The third-order valence-electron chi connectivity index (χ3n) is 6.06. The monoisotopic (exact) mass is 498 g/mol. The lowest BCUT2D eigenvalue weighted by molar-refractivity contribution is -0.131. The number of carbonyl (C=O) groups excluding carboxylic acids is 1. The van der Waals surface area contributed by atoms with Gasteiger partial charge in [0.2, 0.25) is 15.9 Å². The molecule has 0 spiro atoms. The van der Waals surface area contributed by atoms with E-state index in [1.807, 2.05) is 19.1 Å². The molecule has 11 heteroatoms. The molecule has 0 N–H and O–H groups in total. The maximum Gasteiger partial charge on any atom is 0.243 e. The second kappa shape index (κ2) is 9.47. The standard InChI is InChI=1S/C23H26N6O3S2/c1-17(33-23-26-25-21(29(23)19-9-10-19)18-6-5-11-24-16-18)22(30)27-12-14-28(15-13-27)34(31,32)20-7-3-2-4-8-20/h2-8,11,16-17,19H,9-10,12-15H2,1H3/t17-/m1/s1. The molecule has 2 aromatic heterocycles. The molecule has 1 aromatic carbocycles. The van der Waals surface area contributed by atoms with Gasteiger partial charge in [-0.05, 0) is 44.0 Å². The quantitative estimate of drug-likeness (QED) is 0.462. The zero-order chi connectivity index (χ0) is 23.7. The highest BCUT2D eigenvalue weighted by Crippen LogP contribution is 2.41. The fraction of sp³-hybridized carbons (Fsp3) is 0.391. The second-order valence-corrected chi connectivity index (χ2v) is 11.7. The zero-order valence-electron chi connectivity index (χ0n) is 18.8. The highest BCUT2D eigenvalue weighted by Gasteiger charge is 2.34. The molecule has 1 amide bonds. The average Bonchev–Trinajstić information content (AvgIpc) is 3.64. The van der Waals surface area contributed by atoms with Crippen molar-refractivity contribution in [2.45, 2.75) is 41.1 Å². The predicted octanol–water partition coefficient (Wildman–Crippen LogP) is 2.69. The first-order valence-corrected chi connectivity index (χ1v) is 13.6. The van der Waals surface area contributed by atoms with E-state index in [0.717, 1.165) is 29.4 Å². The summed E-state index contributed by atoms with van der Waals surface area (Å²) in [4.78, 5) is 19.4. The van der Waals surface area contributed by atoms with Gasteiger partial charge >= 0.3 is 0 Å². The van der Waals surface area contributed by atoms with Crippen LogP contribution in [0.15, 0.2) is 64.9 Å². The molecule has 9 nitrogen and oxygen atoms in total. The maximum atomic E-state index is 13.2. The minimum atomic E-state index is -3.55. The van der Waals surface area contributed by atoms with Crippen molar-refractivity contribution in [1.29, 1.82) is 0 Å². The van der Waals surface area contributed by atoms with Crippen LogP contribution in [0.4, 0.5) is 0 Å². The number of sulfonamides is 1. The summed E-state index contributed by atoms with van der Waals surface area (Å²) in [6.45, 7) is 3.17. The fourth-order valence-corrected chi connectivity index (χ4v) is 6.51. The van der Waals surface area contributed by atoms with E-state index in [4.69, 9.17) is 0 Å². The van der Waals surface area contributed by atoms with Crippen LogP contribution in [0.3, 0.4) is 0 Å². The van der Waals surface area contributed by atoms with E-state index >= 15 is 0 Å². The Labute approximate surface area is 203 Å². The van der Waals surface area contributed by atoms with Gasteiger partial charge in [0.15, 0.2) is 11.0 Å². The number of carbonyl (C=O) groups is 1. The average molecular weight is 499 g/mol. The number of amides is 1. The molecule has 0 unspecified atom stereocenters. The Morgan fingerprint density at radius 3 is 2.41 bits per heavy atom. The van der Waals surface area contributed by atoms with Gasteiger partial charge in [0.1, 0.15) is 0 Å². The number of nitrogens with zero attached hydrogens (tertiary/aromatic N) is 6. The Morgan fingerprint density at radius 1 is 1.03 bits per heavy atom. The van der Waals surface area contributed by atoms with E-state index in [-0.39, 0.29) is 29.1 Å². The Bertz CT molecular complexity index is 1250. The Morgan fingerprint density at radius 2 is 1.76 bits per heavy atom. The van der Waals surface area contributed by atoms with E-state index in [0.29, 0.717) is 19.1 Å². The molecule has 34 heavy (non-hydrogen) atoms. The molecule has 2 fully saturated rings. The molecule has 1 saturated carbocycles. The van der Waals surface area contributed by atoms with Gasteiger partial charge in [-0.25, -0.2) is 8.42 Å². The van der Waals surface area contributed by atoms with E-state index in [1.165, 1.54) is 16.1 Å². The van der Waals surface area contributed by atoms with Gasteiger partial charge in [-0.1, -0.05) is 30.0 Å². The number of benzene rings is 1. The molecule has 1 saturated heterocycles.